The SMILES string of the molecule is CCOc1cc(-c2ccc(C(F)(F)C(NS(=O)(=O)c3ccc4cc(OC5CCCC5)ccc4c3)C(=O)N3CCC(NC(=O)OC(C)(C)C)CC3)cc2)ccc1Cl. The average molecular weight is 812 g/mol. The molecule has 4 aromatic carbocycles. The predicted octanol–water partition coefficient (Wildman–Crippen LogP) is 8.83. The zero-order valence-corrected chi connectivity index (χ0v) is 33.5. The summed E-state index contributed by atoms with van der Waals surface area (Å²) in [6, 6.07) is 17.1. The van der Waals surface area contributed by atoms with Crippen molar-refractivity contribution in [3.8, 4) is 22.6 Å². The first kappa shape index (κ1) is 41.2. The van der Waals surface area contributed by atoms with Gasteiger partial charge in [-0.2, -0.15) is 13.5 Å². The van der Waals surface area contributed by atoms with Crippen LogP contribution in [-0.2, 0) is 25.5 Å². The lowest BCUT2D eigenvalue weighted by atomic mass is 9.96. The second-order valence-corrected chi connectivity index (χ2v) is 17.4. The van der Waals surface area contributed by atoms with E-state index in [1.165, 1.54) is 41.3 Å². The summed E-state index contributed by atoms with van der Waals surface area (Å²) in [5.74, 6) is -3.97. The van der Waals surface area contributed by atoms with Crippen LogP contribution in [0.2, 0.25) is 5.02 Å². The second kappa shape index (κ2) is 17.0. The highest BCUT2D eigenvalue weighted by atomic mass is 35.5. The van der Waals surface area contributed by atoms with Gasteiger partial charge in [0.15, 0.2) is 6.04 Å². The third kappa shape index (κ3) is 9.91. The van der Waals surface area contributed by atoms with Crippen LogP contribution in [0.3, 0.4) is 0 Å². The molecule has 0 bridgehead atoms. The summed E-state index contributed by atoms with van der Waals surface area (Å²) < 4.78 is 80.6. The Labute approximate surface area is 331 Å². The van der Waals surface area contributed by atoms with Crippen LogP contribution in [0.15, 0.2) is 83.8 Å². The third-order valence-electron chi connectivity index (χ3n) is 9.94. The molecule has 1 aliphatic carbocycles. The van der Waals surface area contributed by atoms with Crippen LogP contribution in [0.4, 0.5) is 13.6 Å². The maximum absolute atomic E-state index is 16.8. The van der Waals surface area contributed by atoms with Crippen molar-refractivity contribution in [2.75, 3.05) is 19.7 Å². The molecule has 0 radical (unpaired) electrons. The third-order valence-corrected chi connectivity index (χ3v) is 11.7. The largest absolute Gasteiger partial charge is 0.492 e. The van der Waals surface area contributed by atoms with Gasteiger partial charge in [0, 0.05) is 24.7 Å². The van der Waals surface area contributed by atoms with Crippen LogP contribution in [0.25, 0.3) is 21.9 Å². The fraction of sp³-hybridized carbons (Fsp3) is 0.429. The zero-order valence-electron chi connectivity index (χ0n) is 31.9. The van der Waals surface area contributed by atoms with Gasteiger partial charge in [0.05, 0.1) is 22.6 Å². The van der Waals surface area contributed by atoms with Crippen molar-refractivity contribution in [1.82, 2.24) is 14.9 Å². The number of halogens is 3. The molecule has 1 aliphatic heterocycles. The molecule has 6 rings (SSSR count). The highest BCUT2D eigenvalue weighted by Crippen LogP contribution is 2.37. The van der Waals surface area contributed by atoms with Crippen molar-refractivity contribution < 1.29 is 41.0 Å². The number of alkyl carbamates (subject to hydrolysis) is 1. The summed E-state index contributed by atoms with van der Waals surface area (Å²) in [7, 11) is -4.67. The molecule has 1 unspecified atom stereocenters. The minimum Gasteiger partial charge on any atom is -0.492 e. The molecule has 300 valence electrons. The first-order valence-corrected chi connectivity index (χ1v) is 20.8. The number of hydrogen-bond acceptors (Lipinski definition) is 7. The van der Waals surface area contributed by atoms with Crippen molar-refractivity contribution in [1.29, 1.82) is 0 Å². The molecule has 1 atom stereocenters. The van der Waals surface area contributed by atoms with E-state index < -0.39 is 45.2 Å². The first-order chi connectivity index (χ1) is 26.5. The molecular weight excluding hydrogens is 764 g/mol. The van der Waals surface area contributed by atoms with Crippen molar-refractivity contribution >= 4 is 44.4 Å². The molecule has 0 spiro atoms. The van der Waals surface area contributed by atoms with Crippen LogP contribution in [-0.4, -0.2) is 68.8 Å². The van der Waals surface area contributed by atoms with Crippen molar-refractivity contribution in [2.24, 2.45) is 0 Å². The number of carbonyl (C=O) groups excluding carboxylic acids is 2. The topological polar surface area (TPSA) is 123 Å². The van der Waals surface area contributed by atoms with Crippen molar-refractivity contribution in [3.05, 3.63) is 89.4 Å². The van der Waals surface area contributed by atoms with E-state index in [4.69, 9.17) is 25.8 Å². The minimum absolute atomic E-state index is 0.00646. The van der Waals surface area contributed by atoms with Gasteiger partial charge in [0.1, 0.15) is 17.1 Å². The smallest absolute Gasteiger partial charge is 0.407 e. The average Bonchev–Trinajstić information content (AvgIpc) is 3.67. The Balaban J connectivity index is 1.26. The molecule has 2 N–H and O–H groups in total. The molecule has 2 amide bonds. The monoisotopic (exact) mass is 811 g/mol. The Kier molecular flexibility index (Phi) is 12.5. The fourth-order valence-corrected chi connectivity index (χ4v) is 8.44. The van der Waals surface area contributed by atoms with E-state index in [1.54, 1.807) is 57.2 Å². The summed E-state index contributed by atoms with van der Waals surface area (Å²) in [6.07, 6.45) is 4.22. The number of rotatable bonds is 12. The number of alkyl halides is 2. The zero-order chi connectivity index (χ0) is 40.3. The Morgan fingerprint density at radius 2 is 1.52 bits per heavy atom. The van der Waals surface area contributed by atoms with Gasteiger partial charge in [0.2, 0.25) is 15.9 Å². The lowest BCUT2D eigenvalue weighted by Crippen LogP contribution is -2.58. The minimum atomic E-state index is -4.67. The number of carbonyl (C=O) groups is 2. The Hall–Kier alpha value is -4.46. The number of hydrogen-bond donors (Lipinski definition) is 2. The van der Waals surface area contributed by atoms with E-state index in [0.717, 1.165) is 31.1 Å². The predicted molar refractivity (Wildman–Crippen MR) is 212 cm³/mol. The molecule has 14 heteroatoms. The maximum atomic E-state index is 16.8. The first-order valence-electron chi connectivity index (χ1n) is 18.9. The quantitative estimate of drug-likeness (QED) is 0.147. The molecular formula is C42H48ClF2N3O7S. The fourth-order valence-electron chi connectivity index (χ4n) is 7.05. The number of likely N-dealkylation sites (tertiary alicyclic amines) is 1. The molecule has 2 fully saturated rings. The standard InChI is InChI=1S/C42H48ClF2N3O7S/c1-5-53-37-26-30(14-19-36(37)43)27-10-15-31(16-11-27)42(44,45)38(39(49)48-22-20-32(21-23-48)46-40(50)55-41(2,3)4)47-56(51,52)35-18-13-28-24-34(17-12-29(28)25-35)54-33-8-6-7-9-33/h10-19,24-26,32-33,38,47H,5-9,20-23H2,1-4H3,(H,46,50). The van der Waals surface area contributed by atoms with Crippen LogP contribution in [0, 0.1) is 0 Å². The number of nitrogens with zero attached hydrogens (tertiary/aromatic N) is 1. The van der Waals surface area contributed by atoms with Crippen molar-refractivity contribution in [3.63, 3.8) is 0 Å². The van der Waals surface area contributed by atoms with E-state index in [-0.39, 0.29) is 43.0 Å². The normalized spacial score (nSPS) is 16.4. The number of benzene rings is 4. The number of nitrogens with one attached hydrogen (secondary N) is 2. The number of ether oxygens (including phenoxy) is 3. The Bertz CT molecular complexity index is 2150. The molecule has 1 heterocycles. The highest BCUT2D eigenvalue weighted by Gasteiger charge is 2.50. The van der Waals surface area contributed by atoms with Gasteiger partial charge < -0.3 is 24.4 Å². The molecule has 4 aromatic rings. The van der Waals surface area contributed by atoms with Crippen LogP contribution in [0.5, 0.6) is 11.5 Å². The van der Waals surface area contributed by atoms with Gasteiger partial charge in [-0.1, -0.05) is 54.1 Å². The van der Waals surface area contributed by atoms with Crippen LogP contribution in [0.1, 0.15) is 71.8 Å². The van der Waals surface area contributed by atoms with Crippen LogP contribution >= 0.6 is 11.6 Å². The van der Waals surface area contributed by atoms with E-state index in [0.29, 0.717) is 39.6 Å². The van der Waals surface area contributed by atoms with Gasteiger partial charge in [-0.3, -0.25) is 4.79 Å². The highest BCUT2D eigenvalue weighted by molar-refractivity contribution is 7.89. The van der Waals surface area contributed by atoms with E-state index in [9.17, 15) is 18.0 Å². The molecule has 1 saturated heterocycles. The molecule has 2 aliphatic rings. The van der Waals surface area contributed by atoms with E-state index in [2.05, 4.69) is 10.0 Å². The van der Waals surface area contributed by atoms with Gasteiger partial charge in [-0.25, -0.2) is 13.2 Å². The van der Waals surface area contributed by atoms with Crippen molar-refractivity contribution in [2.45, 2.75) is 101 Å². The van der Waals surface area contributed by atoms with E-state index >= 15 is 8.78 Å². The summed E-state index contributed by atoms with van der Waals surface area (Å²) in [5, 5.41) is 4.45. The Morgan fingerprint density at radius 1 is 0.875 bits per heavy atom. The summed E-state index contributed by atoms with van der Waals surface area (Å²) in [6.45, 7) is 7.42. The summed E-state index contributed by atoms with van der Waals surface area (Å²) in [4.78, 5) is 27.4. The van der Waals surface area contributed by atoms with Crippen LogP contribution < -0.4 is 19.5 Å². The molecule has 10 nitrogen and oxygen atoms in total. The molecule has 56 heavy (non-hydrogen) atoms. The van der Waals surface area contributed by atoms with E-state index in [1.807, 2.05) is 13.0 Å². The maximum Gasteiger partial charge on any atom is 0.407 e. The Morgan fingerprint density at radius 3 is 2.18 bits per heavy atom. The molecule has 1 saturated carbocycles. The second-order valence-electron chi connectivity index (χ2n) is 15.3. The lowest BCUT2D eigenvalue weighted by Gasteiger charge is -2.36. The van der Waals surface area contributed by atoms with Gasteiger partial charge in [0.25, 0.3) is 5.92 Å². The molecule has 0 aromatic heterocycles. The number of sulfonamides is 1. The number of fused-ring (bicyclic) bond motifs is 1. The summed E-state index contributed by atoms with van der Waals surface area (Å²) >= 11 is 6.24. The summed E-state index contributed by atoms with van der Waals surface area (Å²) in [5.41, 5.74) is -0.0280. The van der Waals surface area contributed by atoms with Gasteiger partial charge in [-0.15, -0.1) is 0 Å². The lowest BCUT2D eigenvalue weighted by molar-refractivity contribution is -0.145. The van der Waals surface area contributed by atoms with Gasteiger partial charge in [-0.05, 0) is 125 Å². The van der Waals surface area contributed by atoms with Gasteiger partial charge >= 0.3 is 6.09 Å². The number of amides is 2. The number of piperidine rings is 1.